The number of hydroxylamine groups is 3. The topological polar surface area (TPSA) is 138 Å². The second-order valence-electron chi connectivity index (χ2n) is 5.57. The molecule has 2 atom stereocenters. The molecule has 3 N–H and O–H groups in total. The van der Waals surface area contributed by atoms with E-state index in [1.54, 1.807) is 0 Å². The lowest BCUT2D eigenvalue weighted by Gasteiger charge is -2.28. The summed E-state index contributed by atoms with van der Waals surface area (Å²) in [6, 6.07) is -2.07. The SMILES string of the molecule is CCCNCCONC(=O)[C@@H]1CCC2CN1C(=O)N2OS(=O)(=O)O. The van der Waals surface area contributed by atoms with E-state index in [1.807, 2.05) is 6.92 Å². The summed E-state index contributed by atoms with van der Waals surface area (Å²) in [5, 5.41) is 3.70. The number of urea groups is 1. The second kappa shape index (κ2) is 8.07. The fourth-order valence-electron chi connectivity index (χ4n) is 2.72. The summed E-state index contributed by atoms with van der Waals surface area (Å²) in [5.41, 5.74) is 2.30. The predicted octanol–water partition coefficient (Wildman–Crippen LogP) is -0.963. The lowest BCUT2D eigenvalue weighted by molar-refractivity contribution is -0.138. The Labute approximate surface area is 140 Å². The van der Waals surface area contributed by atoms with E-state index in [4.69, 9.17) is 9.39 Å². The smallest absolute Gasteiger partial charge is 0.314 e. The molecule has 0 spiro atoms. The first-order chi connectivity index (χ1) is 11.3. The van der Waals surface area contributed by atoms with Crippen molar-refractivity contribution in [2.24, 2.45) is 0 Å². The van der Waals surface area contributed by atoms with E-state index < -0.39 is 34.4 Å². The molecule has 3 amide bonds. The van der Waals surface area contributed by atoms with Crippen LogP contribution in [0.25, 0.3) is 0 Å². The van der Waals surface area contributed by atoms with Crippen LogP contribution in [0.5, 0.6) is 0 Å². The van der Waals surface area contributed by atoms with Gasteiger partial charge in [0.25, 0.3) is 5.91 Å². The van der Waals surface area contributed by atoms with Crippen molar-refractivity contribution in [2.45, 2.75) is 38.3 Å². The van der Waals surface area contributed by atoms with Gasteiger partial charge in [-0.2, -0.15) is 13.5 Å². The van der Waals surface area contributed by atoms with Crippen LogP contribution >= 0.6 is 0 Å². The zero-order valence-electron chi connectivity index (χ0n) is 13.3. The van der Waals surface area contributed by atoms with Crippen LogP contribution in [0.1, 0.15) is 26.2 Å². The molecule has 2 aliphatic heterocycles. The van der Waals surface area contributed by atoms with Gasteiger partial charge in [-0.3, -0.25) is 14.2 Å². The fraction of sp³-hybridized carbons (Fsp3) is 0.833. The summed E-state index contributed by atoms with van der Waals surface area (Å²) in [6.45, 7) is 3.90. The number of amides is 3. The Kier molecular flexibility index (Phi) is 6.34. The Morgan fingerprint density at radius 1 is 1.38 bits per heavy atom. The van der Waals surface area contributed by atoms with Gasteiger partial charge in [-0.1, -0.05) is 6.92 Å². The van der Waals surface area contributed by atoms with Crippen molar-refractivity contribution in [1.29, 1.82) is 0 Å². The Morgan fingerprint density at radius 3 is 2.79 bits per heavy atom. The predicted molar refractivity (Wildman–Crippen MR) is 80.6 cm³/mol. The highest BCUT2D eigenvalue weighted by Gasteiger charge is 2.49. The Balaban J connectivity index is 1.83. The van der Waals surface area contributed by atoms with E-state index >= 15 is 0 Å². The zero-order chi connectivity index (χ0) is 17.7. The summed E-state index contributed by atoms with van der Waals surface area (Å²) in [6.07, 6.45) is 1.70. The molecule has 1 unspecified atom stereocenters. The van der Waals surface area contributed by atoms with Crippen molar-refractivity contribution in [3.63, 3.8) is 0 Å². The van der Waals surface area contributed by atoms with Crippen LogP contribution in [0.4, 0.5) is 4.79 Å². The molecule has 0 aromatic heterocycles. The Morgan fingerprint density at radius 2 is 2.12 bits per heavy atom. The number of fused-ring (bicyclic) bond motifs is 2. The molecule has 138 valence electrons. The van der Waals surface area contributed by atoms with E-state index in [1.165, 1.54) is 4.90 Å². The van der Waals surface area contributed by atoms with E-state index in [-0.39, 0.29) is 13.2 Å². The fourth-order valence-corrected chi connectivity index (χ4v) is 3.11. The van der Waals surface area contributed by atoms with Gasteiger partial charge in [-0.25, -0.2) is 10.3 Å². The highest BCUT2D eigenvalue weighted by atomic mass is 32.3. The lowest BCUT2D eigenvalue weighted by atomic mass is 10.0. The standard InChI is InChI=1S/C12H22N4O7S/c1-2-5-13-6-7-22-14-11(17)10-4-3-9-8-15(10)12(18)16(9)23-24(19,20)21/h9-10,13H,2-8H2,1H3,(H,14,17)(H,19,20,21)/t9?,10-/m0/s1. The van der Waals surface area contributed by atoms with Crippen molar-refractivity contribution in [3.8, 4) is 0 Å². The molecule has 2 aliphatic rings. The Bertz CT molecular complexity index is 570. The molecular weight excluding hydrogens is 344 g/mol. The number of piperidine rings is 1. The number of rotatable bonds is 9. The van der Waals surface area contributed by atoms with Gasteiger partial charge in [0.2, 0.25) is 0 Å². The van der Waals surface area contributed by atoms with Crippen molar-refractivity contribution >= 4 is 22.3 Å². The van der Waals surface area contributed by atoms with Crippen LogP contribution in [-0.2, 0) is 24.3 Å². The van der Waals surface area contributed by atoms with Gasteiger partial charge in [0.05, 0.1) is 12.6 Å². The molecule has 0 aliphatic carbocycles. The summed E-state index contributed by atoms with van der Waals surface area (Å²) >= 11 is 0. The van der Waals surface area contributed by atoms with Crippen molar-refractivity contribution in [3.05, 3.63) is 0 Å². The molecule has 2 saturated heterocycles. The van der Waals surface area contributed by atoms with Gasteiger partial charge < -0.3 is 10.2 Å². The van der Waals surface area contributed by atoms with E-state index in [2.05, 4.69) is 15.1 Å². The third-order valence-electron chi connectivity index (χ3n) is 3.78. The minimum atomic E-state index is -4.80. The molecule has 0 radical (unpaired) electrons. The third kappa shape index (κ3) is 4.77. The quantitative estimate of drug-likeness (QED) is 0.269. The number of nitrogens with zero attached hydrogens (tertiary/aromatic N) is 2. The first kappa shape index (κ1) is 18.9. The van der Waals surface area contributed by atoms with Crippen LogP contribution in [0.3, 0.4) is 0 Å². The molecule has 0 aromatic carbocycles. The van der Waals surface area contributed by atoms with Crippen LogP contribution in [0.15, 0.2) is 0 Å². The lowest BCUT2D eigenvalue weighted by Crippen LogP contribution is -2.50. The normalized spacial score (nSPS) is 23.7. The molecule has 2 heterocycles. The molecule has 2 fully saturated rings. The van der Waals surface area contributed by atoms with Crippen molar-refractivity contribution < 1.29 is 31.7 Å². The molecule has 2 rings (SSSR count). The maximum absolute atomic E-state index is 12.1. The average molecular weight is 366 g/mol. The molecule has 12 heteroatoms. The van der Waals surface area contributed by atoms with Crippen molar-refractivity contribution in [2.75, 3.05) is 26.2 Å². The maximum atomic E-state index is 12.1. The van der Waals surface area contributed by atoms with Crippen LogP contribution < -0.4 is 10.8 Å². The van der Waals surface area contributed by atoms with Gasteiger partial charge in [-0.15, -0.1) is 4.28 Å². The highest BCUT2D eigenvalue weighted by Crippen LogP contribution is 2.30. The number of hydrogen-bond donors (Lipinski definition) is 3. The van der Waals surface area contributed by atoms with Crippen LogP contribution in [-0.4, -0.2) is 73.2 Å². The van der Waals surface area contributed by atoms with Crippen LogP contribution in [0, 0.1) is 0 Å². The van der Waals surface area contributed by atoms with E-state index in [9.17, 15) is 18.0 Å². The largest absolute Gasteiger partial charge is 0.418 e. The minimum absolute atomic E-state index is 0.143. The molecule has 2 bridgehead atoms. The molecule has 24 heavy (non-hydrogen) atoms. The summed E-state index contributed by atoms with van der Waals surface area (Å²) in [4.78, 5) is 30.5. The van der Waals surface area contributed by atoms with Gasteiger partial charge >= 0.3 is 16.4 Å². The molecule has 11 nitrogen and oxygen atoms in total. The monoisotopic (exact) mass is 366 g/mol. The first-order valence-corrected chi connectivity index (χ1v) is 9.09. The minimum Gasteiger partial charge on any atom is -0.314 e. The third-order valence-corrected chi connectivity index (χ3v) is 4.13. The molecule has 0 aromatic rings. The van der Waals surface area contributed by atoms with E-state index in [0.29, 0.717) is 24.4 Å². The van der Waals surface area contributed by atoms with Crippen molar-refractivity contribution in [1.82, 2.24) is 20.8 Å². The average Bonchev–Trinajstić information content (AvgIpc) is 2.74. The second-order valence-corrected chi connectivity index (χ2v) is 6.58. The number of carbonyl (C=O) groups excluding carboxylic acids is 2. The van der Waals surface area contributed by atoms with Gasteiger partial charge in [0.1, 0.15) is 6.04 Å². The summed E-state index contributed by atoms with van der Waals surface area (Å²) < 4.78 is 34.6. The number of carbonyl (C=O) groups is 2. The zero-order valence-corrected chi connectivity index (χ0v) is 14.1. The first-order valence-electron chi connectivity index (χ1n) is 7.72. The van der Waals surface area contributed by atoms with E-state index in [0.717, 1.165) is 13.0 Å². The molecular formula is C12H22N4O7S. The highest BCUT2D eigenvalue weighted by molar-refractivity contribution is 7.80. The number of nitrogens with one attached hydrogen (secondary N) is 2. The maximum Gasteiger partial charge on any atom is 0.418 e. The van der Waals surface area contributed by atoms with Gasteiger partial charge in [0.15, 0.2) is 0 Å². The van der Waals surface area contributed by atoms with Gasteiger partial charge in [-0.05, 0) is 25.8 Å². The summed E-state index contributed by atoms with van der Waals surface area (Å²) in [5.74, 6) is -0.481. The Hall–Kier alpha value is -1.47. The molecule has 0 saturated carbocycles. The van der Waals surface area contributed by atoms with Crippen LogP contribution in [0.2, 0.25) is 0 Å². The van der Waals surface area contributed by atoms with Gasteiger partial charge in [0, 0.05) is 13.1 Å². The summed E-state index contributed by atoms with van der Waals surface area (Å²) in [7, 11) is -4.80. The number of hydrogen-bond acceptors (Lipinski definition) is 7.